The smallest absolute Gasteiger partial charge is 0.0858 e. The summed E-state index contributed by atoms with van der Waals surface area (Å²) in [4.78, 5) is 4.61. The van der Waals surface area contributed by atoms with Crippen molar-refractivity contribution >= 4 is 34.1 Å². The van der Waals surface area contributed by atoms with Crippen molar-refractivity contribution in [1.82, 2.24) is 0 Å². The second-order valence-electron chi connectivity index (χ2n) is 9.49. The molecule has 0 bridgehead atoms. The second kappa shape index (κ2) is 12.0. The summed E-state index contributed by atoms with van der Waals surface area (Å²) in [5.74, 6) is 0. The first kappa shape index (κ1) is 24.9. The van der Waals surface area contributed by atoms with Crippen molar-refractivity contribution in [3.05, 3.63) is 168 Å². The van der Waals surface area contributed by atoms with Gasteiger partial charge >= 0.3 is 0 Å². The van der Waals surface area contributed by atoms with Gasteiger partial charge in [0.2, 0.25) is 0 Å². The van der Waals surface area contributed by atoms with Gasteiger partial charge in [-0.15, -0.1) is 11.5 Å². The quantitative estimate of drug-likeness (QED) is 0.155. The molecule has 4 aromatic rings. The number of para-hydroxylation sites is 1. The minimum Gasteiger partial charge on any atom is -0.362 e. The molecule has 2 aliphatic rings. The summed E-state index contributed by atoms with van der Waals surface area (Å²) in [6.45, 7) is 1.57. The van der Waals surface area contributed by atoms with Gasteiger partial charge in [-0.25, -0.2) is 0 Å². The molecule has 0 unspecified atom stereocenters. The van der Waals surface area contributed by atoms with Crippen LogP contribution in [0.3, 0.4) is 0 Å². The number of allylic oxidation sites excluding steroid dienone is 2. The van der Waals surface area contributed by atoms with E-state index in [0.717, 1.165) is 47.2 Å². The number of anilines is 4. The van der Waals surface area contributed by atoms with Gasteiger partial charge in [-0.2, -0.15) is 10.2 Å². The maximum Gasteiger partial charge on any atom is 0.0858 e. The Labute approximate surface area is 235 Å². The molecule has 0 aliphatic heterocycles. The molecule has 4 aromatic carbocycles. The molecule has 0 radical (unpaired) electrons. The summed E-state index contributed by atoms with van der Waals surface area (Å²) >= 11 is 0. The lowest BCUT2D eigenvalue weighted by Gasteiger charge is -2.28. The van der Waals surface area contributed by atoms with Gasteiger partial charge in [-0.05, 0) is 97.1 Å². The summed E-state index contributed by atoms with van der Waals surface area (Å²) < 4.78 is 0. The van der Waals surface area contributed by atoms with E-state index >= 15 is 0 Å². The van der Waals surface area contributed by atoms with Crippen LogP contribution in [0.1, 0.15) is 0 Å². The summed E-state index contributed by atoms with van der Waals surface area (Å²) in [5.41, 5.74) is 15.0. The molecule has 0 aromatic heterocycles. The van der Waals surface area contributed by atoms with Crippen LogP contribution < -0.4 is 9.80 Å². The van der Waals surface area contributed by atoms with E-state index in [0.29, 0.717) is 0 Å². The Hall–Kier alpha value is -5.40. The molecule has 0 saturated carbocycles. The van der Waals surface area contributed by atoms with Gasteiger partial charge in [0.25, 0.3) is 0 Å². The summed E-state index contributed by atoms with van der Waals surface area (Å²) in [6.07, 6.45) is 12.3. The second-order valence-corrected chi connectivity index (χ2v) is 9.49. The fourth-order valence-corrected chi connectivity index (χ4v) is 4.70. The third-order valence-corrected chi connectivity index (χ3v) is 6.68. The number of hydrogen-bond donors (Lipinski definition) is 0. The normalized spacial score (nSPS) is 13.2. The molecule has 0 atom stereocenters. The van der Waals surface area contributed by atoms with Crippen LogP contribution in [0.4, 0.5) is 34.1 Å². The van der Waals surface area contributed by atoms with E-state index in [1.54, 1.807) is 0 Å². The fourth-order valence-electron chi connectivity index (χ4n) is 4.70. The van der Waals surface area contributed by atoms with E-state index in [1.165, 1.54) is 11.1 Å². The van der Waals surface area contributed by atoms with Gasteiger partial charge in [0.15, 0.2) is 0 Å². The zero-order chi connectivity index (χ0) is 27.0. The standard InChI is InChI=1S/C36H28N4/c1-3-15-31(16-4-1)37-38-32-19-21-35(22-20-32)40(34-17-5-2-6-18-34)36-25-23-33(24-26-36)39(27-29-11-7-8-12-29)28-30-13-9-10-14-30/h1-11,13,15-26H,27-28H2. The molecular weight excluding hydrogens is 488 g/mol. The highest BCUT2D eigenvalue weighted by atomic mass is 15.2. The van der Waals surface area contributed by atoms with Crippen molar-refractivity contribution in [1.29, 1.82) is 0 Å². The maximum atomic E-state index is 4.41. The van der Waals surface area contributed by atoms with E-state index in [1.807, 2.05) is 72.8 Å². The third-order valence-electron chi connectivity index (χ3n) is 6.68. The number of benzene rings is 4. The minimum absolute atomic E-state index is 0.784. The number of nitrogens with zero attached hydrogens (tertiary/aromatic N) is 4. The SMILES string of the molecule is C1=CC=CC=1CN(CC1=C=CC=C1)c1ccc(N(c2ccccc2)c2ccc(N=Nc3ccccc3)cc2)cc1. The van der Waals surface area contributed by atoms with Crippen LogP contribution in [0.2, 0.25) is 0 Å². The average molecular weight is 517 g/mol. The first-order chi connectivity index (χ1) is 19.8. The topological polar surface area (TPSA) is 31.2 Å². The van der Waals surface area contributed by atoms with Crippen LogP contribution in [0.25, 0.3) is 0 Å². The first-order valence-electron chi connectivity index (χ1n) is 13.3. The van der Waals surface area contributed by atoms with Gasteiger partial charge in [0.05, 0.1) is 24.5 Å². The summed E-state index contributed by atoms with van der Waals surface area (Å²) in [7, 11) is 0. The minimum atomic E-state index is 0.784. The predicted molar refractivity (Wildman–Crippen MR) is 165 cm³/mol. The van der Waals surface area contributed by atoms with Crippen molar-refractivity contribution in [2.45, 2.75) is 0 Å². The van der Waals surface area contributed by atoms with Crippen molar-refractivity contribution in [3.8, 4) is 0 Å². The average Bonchev–Trinajstić information content (AvgIpc) is 3.73. The molecule has 4 heteroatoms. The highest BCUT2D eigenvalue weighted by Gasteiger charge is 2.15. The molecule has 0 fully saturated rings. The van der Waals surface area contributed by atoms with Gasteiger partial charge in [0, 0.05) is 33.9 Å². The molecule has 40 heavy (non-hydrogen) atoms. The first-order valence-corrected chi connectivity index (χ1v) is 13.3. The van der Waals surface area contributed by atoms with Gasteiger partial charge in [-0.1, -0.05) is 48.6 Å². The van der Waals surface area contributed by atoms with Crippen molar-refractivity contribution in [2.24, 2.45) is 10.2 Å². The van der Waals surface area contributed by atoms with Gasteiger partial charge in [-0.3, -0.25) is 0 Å². The Balaban J connectivity index is 1.28. The highest BCUT2D eigenvalue weighted by Crippen LogP contribution is 2.36. The molecular formula is C36H28N4. The molecule has 0 heterocycles. The Morgan fingerprint density at radius 3 is 1.45 bits per heavy atom. The summed E-state index contributed by atoms with van der Waals surface area (Å²) in [5, 5.41) is 8.76. The molecule has 0 spiro atoms. The lowest BCUT2D eigenvalue weighted by molar-refractivity contribution is 0.919. The lowest BCUT2D eigenvalue weighted by atomic mass is 10.1. The van der Waals surface area contributed by atoms with Crippen molar-refractivity contribution < 1.29 is 0 Å². The number of rotatable bonds is 10. The summed E-state index contributed by atoms with van der Waals surface area (Å²) in [6, 6.07) is 37.1. The van der Waals surface area contributed by atoms with E-state index in [2.05, 4.69) is 104 Å². The van der Waals surface area contributed by atoms with E-state index in [-0.39, 0.29) is 0 Å². The van der Waals surface area contributed by atoms with Gasteiger partial charge < -0.3 is 9.80 Å². The van der Waals surface area contributed by atoms with Crippen LogP contribution in [0.5, 0.6) is 0 Å². The van der Waals surface area contributed by atoms with E-state index < -0.39 is 0 Å². The van der Waals surface area contributed by atoms with Crippen LogP contribution in [0, 0.1) is 0 Å². The molecule has 0 saturated heterocycles. The Bertz CT molecular complexity index is 1640. The fraction of sp³-hybridized carbons (Fsp3) is 0.0556. The lowest BCUT2D eigenvalue weighted by Crippen LogP contribution is -2.27. The van der Waals surface area contributed by atoms with Crippen LogP contribution >= 0.6 is 0 Å². The molecule has 192 valence electrons. The van der Waals surface area contributed by atoms with Crippen molar-refractivity contribution in [2.75, 3.05) is 22.9 Å². The zero-order valence-electron chi connectivity index (χ0n) is 22.1. The molecule has 2 aliphatic carbocycles. The van der Waals surface area contributed by atoms with Crippen LogP contribution in [-0.2, 0) is 0 Å². The molecule has 6 rings (SSSR count). The van der Waals surface area contributed by atoms with Gasteiger partial charge in [0.1, 0.15) is 0 Å². The van der Waals surface area contributed by atoms with E-state index in [4.69, 9.17) is 0 Å². The predicted octanol–water partition coefficient (Wildman–Crippen LogP) is 9.68. The van der Waals surface area contributed by atoms with Crippen LogP contribution in [0.15, 0.2) is 178 Å². The Morgan fingerprint density at radius 1 is 0.475 bits per heavy atom. The molecule has 0 amide bonds. The number of azo groups is 1. The van der Waals surface area contributed by atoms with E-state index in [9.17, 15) is 0 Å². The highest BCUT2D eigenvalue weighted by molar-refractivity contribution is 5.78. The molecule has 0 N–H and O–H groups in total. The maximum absolute atomic E-state index is 4.41. The monoisotopic (exact) mass is 516 g/mol. The van der Waals surface area contributed by atoms with Crippen LogP contribution in [-0.4, -0.2) is 13.1 Å². The number of hydrogen-bond acceptors (Lipinski definition) is 4. The third kappa shape index (κ3) is 6.01. The van der Waals surface area contributed by atoms with Crippen molar-refractivity contribution in [3.63, 3.8) is 0 Å². The molecule has 4 nitrogen and oxygen atoms in total. The Morgan fingerprint density at radius 2 is 0.925 bits per heavy atom. The Kier molecular flexibility index (Phi) is 7.46. The zero-order valence-corrected chi connectivity index (χ0v) is 22.1. The largest absolute Gasteiger partial charge is 0.362 e.